The third-order valence-corrected chi connectivity index (χ3v) is 4.06. The van der Waals surface area contributed by atoms with E-state index < -0.39 is 0 Å². The number of halogens is 2. The second kappa shape index (κ2) is 15.4. The zero-order valence-electron chi connectivity index (χ0n) is 13.5. The molecule has 10 heteroatoms. The van der Waals surface area contributed by atoms with Gasteiger partial charge in [-0.3, -0.25) is 4.79 Å². The predicted molar refractivity (Wildman–Crippen MR) is 105 cm³/mol. The van der Waals surface area contributed by atoms with Gasteiger partial charge in [-0.05, 0) is 6.42 Å². The van der Waals surface area contributed by atoms with E-state index >= 15 is 0 Å². The summed E-state index contributed by atoms with van der Waals surface area (Å²) >= 11 is 4.01. The molecule has 1 aromatic heterocycles. The Morgan fingerprint density at radius 3 is 2.00 bits per heavy atom. The van der Waals surface area contributed by atoms with Crippen LogP contribution in [-0.4, -0.2) is 76.1 Å². The monoisotopic (exact) mass is 567 g/mol. The van der Waals surface area contributed by atoms with Gasteiger partial charge in [0.2, 0.25) is 3.79 Å². The first-order valence-electron chi connectivity index (χ1n) is 7.71. The van der Waals surface area contributed by atoms with Gasteiger partial charge < -0.3 is 18.9 Å². The van der Waals surface area contributed by atoms with Crippen LogP contribution in [0.2, 0.25) is 0 Å². The summed E-state index contributed by atoms with van der Waals surface area (Å²) in [6.45, 7) is 5.20. The van der Waals surface area contributed by atoms with Crippen molar-refractivity contribution < 1.29 is 23.7 Å². The Morgan fingerprint density at radius 2 is 1.50 bits per heavy atom. The quantitative estimate of drug-likeness (QED) is 0.130. The van der Waals surface area contributed by atoms with Crippen LogP contribution >= 0.6 is 45.2 Å². The van der Waals surface area contributed by atoms with Gasteiger partial charge in [0.25, 0.3) is 0 Å². The summed E-state index contributed by atoms with van der Waals surface area (Å²) in [7, 11) is 0. The molecule has 0 spiro atoms. The second-order valence-corrected chi connectivity index (χ2v) is 6.69. The molecule has 1 rings (SSSR count). The number of nitrogens with zero attached hydrogens (tertiary/aromatic N) is 3. The summed E-state index contributed by atoms with van der Waals surface area (Å²) < 4.78 is 24.2. The molecule has 0 aliphatic carbocycles. The normalized spacial score (nSPS) is 11.1. The van der Waals surface area contributed by atoms with Crippen molar-refractivity contribution in [1.29, 1.82) is 0 Å². The lowest BCUT2D eigenvalue weighted by Gasteiger charge is -2.07. The molecule has 0 aliphatic rings. The Labute approximate surface area is 169 Å². The Kier molecular flexibility index (Phi) is 14.2. The fourth-order valence-corrected chi connectivity index (χ4v) is 2.13. The van der Waals surface area contributed by atoms with E-state index in [4.69, 9.17) is 18.9 Å². The molecular weight excluding hydrogens is 544 g/mol. The Bertz CT molecular complexity index is 448. The molecule has 8 nitrogen and oxygen atoms in total. The second-order valence-electron chi connectivity index (χ2n) is 4.63. The highest BCUT2D eigenvalue weighted by Gasteiger charge is 2.06. The van der Waals surface area contributed by atoms with Crippen LogP contribution in [0.25, 0.3) is 0 Å². The molecule has 0 N–H and O–H groups in total. The maximum atomic E-state index is 11.1. The molecule has 0 unspecified atom stereocenters. The van der Waals surface area contributed by atoms with Crippen LogP contribution in [0.15, 0.2) is 6.20 Å². The van der Waals surface area contributed by atoms with Gasteiger partial charge >= 0.3 is 0 Å². The minimum Gasteiger partial charge on any atom is -0.379 e. The summed E-state index contributed by atoms with van der Waals surface area (Å²) in [5.41, 5.74) is 0.356. The van der Waals surface area contributed by atoms with Gasteiger partial charge in [0, 0.05) is 33.6 Å². The van der Waals surface area contributed by atoms with Gasteiger partial charge in [-0.2, -0.15) is 0 Å². The molecule has 138 valence electrons. The van der Waals surface area contributed by atoms with Crippen molar-refractivity contribution in [1.82, 2.24) is 15.0 Å². The molecule has 0 aliphatic heterocycles. The van der Waals surface area contributed by atoms with Gasteiger partial charge in [-0.15, -0.1) is 5.10 Å². The van der Waals surface area contributed by atoms with Crippen LogP contribution in [0.1, 0.15) is 16.9 Å². The molecule has 0 saturated carbocycles. The predicted octanol–water partition coefficient (Wildman–Crippen LogP) is 1.74. The molecule has 0 saturated heterocycles. The maximum absolute atomic E-state index is 11.1. The fourth-order valence-electron chi connectivity index (χ4n) is 1.57. The minimum absolute atomic E-state index is 0.123. The van der Waals surface area contributed by atoms with Crippen molar-refractivity contribution in [3.63, 3.8) is 0 Å². The Hall–Kier alpha value is 0.110. The molecule has 1 aromatic rings. The first-order valence-corrected chi connectivity index (χ1v) is 10.3. The van der Waals surface area contributed by atoms with Crippen LogP contribution in [0, 0.1) is 0 Å². The molecule has 0 aromatic carbocycles. The number of hydrogen-bond donors (Lipinski definition) is 0. The van der Waals surface area contributed by atoms with E-state index in [9.17, 15) is 4.79 Å². The first-order chi connectivity index (χ1) is 11.7. The van der Waals surface area contributed by atoms with E-state index in [0.717, 1.165) is 17.5 Å². The standard InChI is InChI=1S/C14H23I2N3O5/c15-2-1-4-21-6-8-23-10-11-24-9-7-22-5-3-19-12-13(14(16)20)17-18-19/h12H,1-11H2. The molecule has 0 fully saturated rings. The average molecular weight is 567 g/mol. The fraction of sp³-hybridized carbons (Fsp3) is 0.786. The molecule has 0 radical (unpaired) electrons. The Balaban J connectivity index is 1.81. The maximum Gasteiger partial charge on any atom is 0.244 e. The SMILES string of the molecule is O=C(I)c1cn(CCOCCOCCOCCOCCCI)nn1. The molecule has 0 bridgehead atoms. The van der Waals surface area contributed by atoms with Crippen LogP contribution < -0.4 is 0 Å². The number of carbonyl (C=O) groups is 1. The van der Waals surface area contributed by atoms with Gasteiger partial charge in [0.05, 0.1) is 59.0 Å². The largest absolute Gasteiger partial charge is 0.379 e. The molecule has 1 heterocycles. The third-order valence-electron chi connectivity index (χ3n) is 2.74. The van der Waals surface area contributed by atoms with E-state index in [-0.39, 0.29) is 3.79 Å². The molecule has 0 amide bonds. The van der Waals surface area contributed by atoms with E-state index in [0.29, 0.717) is 58.5 Å². The van der Waals surface area contributed by atoms with E-state index in [1.54, 1.807) is 33.5 Å². The molecule has 24 heavy (non-hydrogen) atoms. The van der Waals surface area contributed by atoms with E-state index in [1.165, 1.54) is 0 Å². The van der Waals surface area contributed by atoms with Crippen molar-refractivity contribution in [2.45, 2.75) is 13.0 Å². The van der Waals surface area contributed by atoms with Crippen molar-refractivity contribution in [2.75, 3.05) is 57.3 Å². The minimum atomic E-state index is -0.123. The number of aromatic nitrogens is 3. The average Bonchev–Trinajstić information content (AvgIpc) is 3.04. The summed E-state index contributed by atoms with van der Waals surface area (Å²) in [5.74, 6) is 0. The van der Waals surface area contributed by atoms with Crippen LogP contribution in [0.5, 0.6) is 0 Å². The van der Waals surface area contributed by atoms with E-state index in [1.807, 2.05) is 0 Å². The van der Waals surface area contributed by atoms with Crippen LogP contribution in [0.4, 0.5) is 0 Å². The highest BCUT2D eigenvalue weighted by atomic mass is 127. The first kappa shape index (κ1) is 22.2. The molecule has 0 atom stereocenters. The lowest BCUT2D eigenvalue weighted by molar-refractivity contribution is -0.00259. The summed E-state index contributed by atoms with van der Waals surface area (Å²) in [6.07, 6.45) is 2.69. The smallest absolute Gasteiger partial charge is 0.244 e. The summed E-state index contributed by atoms with van der Waals surface area (Å²) in [4.78, 5) is 11.1. The summed E-state index contributed by atoms with van der Waals surface area (Å²) in [5, 5.41) is 7.59. The zero-order chi connectivity index (χ0) is 17.5. The highest BCUT2D eigenvalue weighted by Crippen LogP contribution is 2.00. The highest BCUT2D eigenvalue weighted by molar-refractivity contribution is 14.1. The van der Waals surface area contributed by atoms with Crippen molar-refractivity contribution in [3.8, 4) is 0 Å². The third kappa shape index (κ3) is 11.6. The van der Waals surface area contributed by atoms with Gasteiger partial charge in [0.1, 0.15) is 0 Å². The van der Waals surface area contributed by atoms with Gasteiger partial charge in [-0.25, -0.2) is 4.68 Å². The number of carbonyl (C=O) groups excluding carboxylic acids is 1. The lowest BCUT2D eigenvalue weighted by Crippen LogP contribution is -2.13. The van der Waals surface area contributed by atoms with Gasteiger partial charge in [0.15, 0.2) is 5.69 Å². The summed E-state index contributed by atoms with van der Waals surface area (Å²) in [6, 6.07) is 0. The number of hydrogen-bond acceptors (Lipinski definition) is 7. The van der Waals surface area contributed by atoms with Crippen LogP contribution in [-0.2, 0) is 25.5 Å². The lowest BCUT2D eigenvalue weighted by atomic mass is 10.5. The number of rotatable bonds is 16. The Morgan fingerprint density at radius 1 is 0.958 bits per heavy atom. The van der Waals surface area contributed by atoms with Gasteiger partial charge in [-0.1, -0.05) is 27.8 Å². The zero-order valence-corrected chi connectivity index (χ0v) is 17.8. The van der Waals surface area contributed by atoms with Crippen molar-refractivity contribution >= 4 is 49.0 Å². The van der Waals surface area contributed by atoms with E-state index in [2.05, 4.69) is 32.9 Å². The van der Waals surface area contributed by atoms with Crippen molar-refractivity contribution in [2.24, 2.45) is 0 Å². The van der Waals surface area contributed by atoms with Crippen molar-refractivity contribution in [3.05, 3.63) is 11.9 Å². The number of alkyl halides is 1. The number of ether oxygens (including phenoxy) is 4. The molecular formula is C14H23I2N3O5. The topological polar surface area (TPSA) is 84.7 Å². The van der Waals surface area contributed by atoms with Crippen LogP contribution in [0.3, 0.4) is 0 Å².